The zero-order valence-corrected chi connectivity index (χ0v) is 22.1. The minimum Gasteiger partial charge on any atom is -0.369 e. The summed E-state index contributed by atoms with van der Waals surface area (Å²) in [6.45, 7) is 1.97. The number of aromatic nitrogens is 1. The summed E-state index contributed by atoms with van der Waals surface area (Å²) < 4.78 is 0. The molecule has 36 heavy (non-hydrogen) atoms. The van der Waals surface area contributed by atoms with Crippen LogP contribution in [0.2, 0.25) is 0 Å². The number of pyridine rings is 1. The first-order chi connectivity index (χ1) is 17.3. The number of aryl methyl sites for hydroxylation is 1. The van der Waals surface area contributed by atoms with Crippen LogP contribution in [0.5, 0.6) is 0 Å². The maximum Gasteiger partial charge on any atom is 0.257 e. The molecule has 0 saturated heterocycles. The number of hydrogen-bond acceptors (Lipinski definition) is 5. The number of rotatable bonds is 8. The number of guanidine groups is 1. The number of carbonyl (C=O) groups is 2. The zero-order chi connectivity index (χ0) is 25.3. The lowest BCUT2D eigenvalue weighted by atomic mass is 9.74. The molecule has 1 aromatic heterocycles. The Morgan fingerprint density at radius 1 is 1.08 bits per heavy atom. The first-order valence-electron chi connectivity index (χ1n) is 14.3. The number of carbonyl (C=O) groups excluding carboxylic acids is 2. The Morgan fingerprint density at radius 2 is 1.83 bits per heavy atom. The van der Waals surface area contributed by atoms with E-state index in [9.17, 15) is 9.59 Å². The Labute approximate surface area is 215 Å². The quantitative estimate of drug-likeness (QED) is 0.541. The molecule has 0 unspecified atom stereocenters. The molecule has 7 nitrogen and oxygen atoms in total. The summed E-state index contributed by atoms with van der Waals surface area (Å²) in [6, 6.07) is 4.00. The maximum absolute atomic E-state index is 13.4. The molecule has 2 amide bonds. The van der Waals surface area contributed by atoms with Crippen LogP contribution in [-0.2, 0) is 4.79 Å². The molecule has 0 aromatic carbocycles. The second-order valence-electron chi connectivity index (χ2n) is 12.0. The molecule has 196 valence electrons. The van der Waals surface area contributed by atoms with Crippen LogP contribution in [0.25, 0.3) is 0 Å². The molecule has 3 atom stereocenters. The van der Waals surface area contributed by atoms with Gasteiger partial charge < -0.3 is 11.1 Å². The van der Waals surface area contributed by atoms with Crippen LogP contribution in [0.3, 0.4) is 0 Å². The summed E-state index contributed by atoms with van der Waals surface area (Å²) in [5.74, 6) is 1.98. The first-order valence-corrected chi connectivity index (χ1v) is 14.3. The molecule has 0 bridgehead atoms. The number of nitrogens with one attached hydrogen (secondary N) is 1. The van der Waals surface area contributed by atoms with Crippen LogP contribution in [0.15, 0.2) is 17.1 Å². The van der Waals surface area contributed by atoms with E-state index >= 15 is 0 Å². The molecular weight excluding hydrogens is 450 g/mol. The predicted molar refractivity (Wildman–Crippen MR) is 142 cm³/mol. The molecule has 1 aromatic rings. The molecular formula is C29H43N5O2. The van der Waals surface area contributed by atoms with Gasteiger partial charge in [-0.25, -0.2) is 4.99 Å². The summed E-state index contributed by atoms with van der Waals surface area (Å²) in [6.07, 6.45) is 15.4. The summed E-state index contributed by atoms with van der Waals surface area (Å²) in [4.78, 5) is 37.6. The number of hydrogen-bond donors (Lipinski definition) is 2. The third kappa shape index (κ3) is 5.60. The highest BCUT2D eigenvalue weighted by molar-refractivity contribution is 6.06. The van der Waals surface area contributed by atoms with Crippen molar-refractivity contribution < 1.29 is 9.59 Å². The molecule has 0 radical (unpaired) electrons. The van der Waals surface area contributed by atoms with E-state index in [4.69, 9.17) is 10.7 Å². The molecule has 7 heteroatoms. The van der Waals surface area contributed by atoms with Gasteiger partial charge in [0.15, 0.2) is 5.96 Å². The van der Waals surface area contributed by atoms with E-state index in [-0.39, 0.29) is 17.9 Å². The Kier molecular flexibility index (Phi) is 7.36. The van der Waals surface area contributed by atoms with Gasteiger partial charge >= 0.3 is 0 Å². The highest BCUT2D eigenvalue weighted by atomic mass is 16.2. The summed E-state index contributed by atoms with van der Waals surface area (Å²) >= 11 is 0. The Hall–Kier alpha value is -2.44. The number of nitrogens with zero attached hydrogens (tertiary/aromatic N) is 3. The SMILES string of the molecule is Cc1cc(C(=O)N[C@@H]2CCC[C@H](C[C@@]3(CCC4CCCCC4)N=C(N)N(C)C3=O)C2)cc(C2CC2)n1. The average Bonchev–Trinajstić information content (AvgIpc) is 3.70. The first kappa shape index (κ1) is 25.2. The number of nitrogens with two attached hydrogens (primary N) is 1. The monoisotopic (exact) mass is 493 g/mol. The van der Waals surface area contributed by atoms with Crippen LogP contribution < -0.4 is 11.1 Å². The average molecular weight is 494 g/mol. The van der Waals surface area contributed by atoms with Gasteiger partial charge in [0.2, 0.25) is 0 Å². The minimum atomic E-state index is -0.728. The Bertz CT molecular complexity index is 1010. The highest BCUT2D eigenvalue weighted by Gasteiger charge is 2.48. The minimum absolute atomic E-state index is 0.000923. The predicted octanol–water partition coefficient (Wildman–Crippen LogP) is 4.83. The van der Waals surface area contributed by atoms with E-state index < -0.39 is 5.54 Å². The summed E-state index contributed by atoms with van der Waals surface area (Å²) in [7, 11) is 1.75. The van der Waals surface area contributed by atoms with Gasteiger partial charge in [0.1, 0.15) is 5.54 Å². The van der Waals surface area contributed by atoms with E-state index in [1.165, 1.54) is 44.9 Å². The van der Waals surface area contributed by atoms with Crippen LogP contribution in [0, 0.1) is 18.8 Å². The van der Waals surface area contributed by atoms with Gasteiger partial charge in [-0.1, -0.05) is 44.9 Å². The molecule has 3 saturated carbocycles. The lowest BCUT2D eigenvalue weighted by Gasteiger charge is -2.35. The third-order valence-corrected chi connectivity index (χ3v) is 9.04. The van der Waals surface area contributed by atoms with Crippen molar-refractivity contribution >= 4 is 17.8 Å². The molecule has 4 aliphatic rings. The van der Waals surface area contributed by atoms with Crippen LogP contribution in [0.4, 0.5) is 0 Å². The summed E-state index contributed by atoms with van der Waals surface area (Å²) in [5.41, 5.74) is 8.12. The van der Waals surface area contributed by atoms with Gasteiger partial charge in [-0.05, 0) is 75.8 Å². The van der Waals surface area contributed by atoms with Crippen molar-refractivity contribution in [3.05, 3.63) is 29.1 Å². The maximum atomic E-state index is 13.4. The van der Waals surface area contributed by atoms with Crippen molar-refractivity contribution in [1.29, 1.82) is 0 Å². The molecule has 2 heterocycles. The largest absolute Gasteiger partial charge is 0.369 e. The fourth-order valence-electron chi connectivity index (χ4n) is 6.84. The van der Waals surface area contributed by atoms with Crippen LogP contribution in [0.1, 0.15) is 118 Å². The lowest BCUT2D eigenvalue weighted by molar-refractivity contribution is -0.131. The van der Waals surface area contributed by atoms with Gasteiger partial charge in [0, 0.05) is 36.0 Å². The van der Waals surface area contributed by atoms with Crippen molar-refractivity contribution in [3.63, 3.8) is 0 Å². The Morgan fingerprint density at radius 3 is 2.53 bits per heavy atom. The highest BCUT2D eigenvalue weighted by Crippen LogP contribution is 2.41. The Balaban J connectivity index is 1.24. The molecule has 3 N–H and O–H groups in total. The fraction of sp³-hybridized carbons (Fsp3) is 0.724. The van der Waals surface area contributed by atoms with Gasteiger partial charge in [0.25, 0.3) is 11.8 Å². The van der Waals surface area contributed by atoms with Gasteiger partial charge in [-0.3, -0.25) is 19.5 Å². The van der Waals surface area contributed by atoms with E-state index in [1.54, 1.807) is 11.9 Å². The van der Waals surface area contributed by atoms with Gasteiger partial charge in [0.05, 0.1) is 0 Å². The van der Waals surface area contributed by atoms with Gasteiger partial charge in [-0.2, -0.15) is 0 Å². The topological polar surface area (TPSA) is 101 Å². The van der Waals surface area contributed by atoms with Crippen molar-refractivity contribution in [1.82, 2.24) is 15.2 Å². The second-order valence-corrected chi connectivity index (χ2v) is 12.0. The van der Waals surface area contributed by atoms with E-state index in [2.05, 4.69) is 10.3 Å². The van der Waals surface area contributed by atoms with Crippen LogP contribution >= 0.6 is 0 Å². The smallest absolute Gasteiger partial charge is 0.257 e. The van der Waals surface area contributed by atoms with Crippen molar-refractivity contribution in [2.45, 2.75) is 114 Å². The molecule has 3 fully saturated rings. The molecule has 5 rings (SSSR count). The normalized spacial score (nSPS) is 29.3. The molecule has 3 aliphatic carbocycles. The third-order valence-electron chi connectivity index (χ3n) is 9.04. The fourth-order valence-corrected chi connectivity index (χ4v) is 6.84. The molecule has 0 spiro atoms. The second kappa shape index (κ2) is 10.5. The van der Waals surface area contributed by atoms with Gasteiger partial charge in [-0.15, -0.1) is 0 Å². The van der Waals surface area contributed by atoms with E-state index in [1.807, 2.05) is 19.1 Å². The summed E-state index contributed by atoms with van der Waals surface area (Å²) in [5, 5.41) is 3.31. The van der Waals surface area contributed by atoms with Crippen molar-refractivity contribution in [3.8, 4) is 0 Å². The number of likely N-dealkylation sites (N-methyl/N-ethyl adjacent to an activating group) is 1. The van der Waals surface area contributed by atoms with Crippen LogP contribution in [-0.4, -0.2) is 46.3 Å². The lowest BCUT2D eigenvalue weighted by Crippen LogP contribution is -2.45. The standard InChI is InChI=1S/C29H43N5O2/c1-19-15-23(17-25(31-19)22-11-12-22)26(35)32-24-10-6-9-21(16-24)18-29(27(36)34(2)28(30)33-29)14-13-20-7-4-3-5-8-20/h15,17,20-22,24H,3-14,16,18H2,1-2H3,(H2,30,33)(H,32,35)/t21-,24+,29+/m0/s1. The zero-order valence-electron chi connectivity index (χ0n) is 22.1. The number of amides is 2. The van der Waals surface area contributed by atoms with E-state index in [0.29, 0.717) is 23.7 Å². The number of aliphatic imine (C=N–C) groups is 1. The van der Waals surface area contributed by atoms with Crippen molar-refractivity contribution in [2.75, 3.05) is 7.05 Å². The van der Waals surface area contributed by atoms with E-state index in [0.717, 1.165) is 61.9 Å². The van der Waals surface area contributed by atoms with Crippen molar-refractivity contribution in [2.24, 2.45) is 22.6 Å². The molecule has 1 aliphatic heterocycles.